The summed E-state index contributed by atoms with van der Waals surface area (Å²) in [4.78, 5) is 19.7. The summed E-state index contributed by atoms with van der Waals surface area (Å²) in [7, 11) is 0. The van der Waals surface area contributed by atoms with Gasteiger partial charge >= 0.3 is 0 Å². The van der Waals surface area contributed by atoms with Gasteiger partial charge in [0.05, 0.1) is 11.0 Å². The van der Waals surface area contributed by atoms with Crippen molar-refractivity contribution in [3.8, 4) is 0 Å². The number of para-hydroxylation sites is 2. The number of benzene rings is 3. The molecule has 1 aliphatic rings. The molecule has 0 N–H and O–H groups in total. The lowest BCUT2D eigenvalue weighted by Gasteiger charge is -2.17. The number of hydrogen-bond donors (Lipinski definition) is 0. The number of amides is 1. The maximum Gasteiger partial charge on any atom is 0.223 e. The van der Waals surface area contributed by atoms with Crippen molar-refractivity contribution in [2.24, 2.45) is 0 Å². The minimum Gasteiger partial charge on any atom is -0.338 e. The number of carbonyl (C=O) groups excluding carboxylic acids is 1. The summed E-state index contributed by atoms with van der Waals surface area (Å²) in [5.41, 5.74) is 4.32. The highest BCUT2D eigenvalue weighted by Gasteiger charge is 2.34. The molecular formula is C25H22ClN3O. The van der Waals surface area contributed by atoms with Crippen LogP contribution in [0.25, 0.3) is 11.0 Å². The average Bonchev–Trinajstić information content (AvgIpc) is 3.30. The van der Waals surface area contributed by atoms with E-state index in [4.69, 9.17) is 16.6 Å². The fourth-order valence-electron chi connectivity index (χ4n) is 4.29. The Morgan fingerprint density at radius 2 is 1.67 bits per heavy atom. The Balaban J connectivity index is 1.47. The van der Waals surface area contributed by atoms with Gasteiger partial charge in [-0.2, -0.15) is 0 Å². The molecule has 0 radical (unpaired) electrons. The summed E-state index contributed by atoms with van der Waals surface area (Å²) in [6.45, 7) is 2.01. The van der Waals surface area contributed by atoms with Crippen molar-refractivity contribution >= 4 is 28.5 Å². The molecule has 0 bridgehead atoms. The minimum absolute atomic E-state index is 0.0767. The summed E-state index contributed by atoms with van der Waals surface area (Å²) in [5.74, 6) is 1.23. The molecule has 1 aliphatic heterocycles. The normalized spacial score (nSPS) is 16.5. The van der Waals surface area contributed by atoms with E-state index in [1.807, 2.05) is 59.5 Å². The van der Waals surface area contributed by atoms with Crippen LogP contribution in [0.2, 0.25) is 5.02 Å². The highest BCUT2D eigenvalue weighted by atomic mass is 35.5. The summed E-state index contributed by atoms with van der Waals surface area (Å²) in [5, 5.41) is 0.726. The monoisotopic (exact) mass is 415 g/mol. The fourth-order valence-corrected chi connectivity index (χ4v) is 4.50. The van der Waals surface area contributed by atoms with Gasteiger partial charge in [-0.1, -0.05) is 66.2 Å². The Bertz CT molecular complexity index is 1200. The van der Waals surface area contributed by atoms with Crippen LogP contribution in [0.4, 0.5) is 0 Å². The summed E-state index contributed by atoms with van der Waals surface area (Å²) in [6, 6.07) is 26.2. The lowest BCUT2D eigenvalue weighted by Crippen LogP contribution is -2.24. The number of rotatable bonds is 5. The first-order valence-corrected chi connectivity index (χ1v) is 10.6. The first-order valence-electron chi connectivity index (χ1n) is 10.2. The zero-order valence-electron chi connectivity index (χ0n) is 16.5. The van der Waals surface area contributed by atoms with Crippen LogP contribution in [0.15, 0.2) is 78.9 Å². The van der Waals surface area contributed by atoms with Crippen LogP contribution >= 0.6 is 11.6 Å². The van der Waals surface area contributed by atoms with E-state index >= 15 is 0 Å². The lowest BCUT2D eigenvalue weighted by atomic mass is 10.1. The molecule has 0 unspecified atom stereocenters. The molecule has 5 rings (SSSR count). The first-order chi connectivity index (χ1) is 14.7. The predicted molar refractivity (Wildman–Crippen MR) is 120 cm³/mol. The molecule has 0 aliphatic carbocycles. The Morgan fingerprint density at radius 1 is 0.900 bits per heavy atom. The summed E-state index contributed by atoms with van der Waals surface area (Å²) < 4.78 is 2.24. The molecule has 1 aromatic heterocycles. The quantitative estimate of drug-likeness (QED) is 0.446. The van der Waals surface area contributed by atoms with Crippen molar-refractivity contribution in [3.05, 3.63) is 101 Å². The van der Waals surface area contributed by atoms with Gasteiger partial charge in [-0.05, 0) is 35.4 Å². The number of imidazole rings is 1. The maximum absolute atomic E-state index is 12.8. The van der Waals surface area contributed by atoms with E-state index in [0.717, 1.165) is 33.0 Å². The standard InChI is InChI=1S/C25H22ClN3O/c26-21-10-6-9-19(13-21)16-29-23-12-5-4-11-22(23)27-25(29)20-14-24(30)28(17-20)15-18-7-2-1-3-8-18/h1-13,20H,14-17H2/t20-/m1/s1. The Kier molecular flexibility index (Phi) is 5.01. The van der Waals surface area contributed by atoms with Gasteiger partial charge in [-0.3, -0.25) is 4.79 Å². The van der Waals surface area contributed by atoms with Crippen LogP contribution in [0.5, 0.6) is 0 Å². The van der Waals surface area contributed by atoms with Gasteiger partial charge in [0.1, 0.15) is 5.82 Å². The SMILES string of the molecule is O=C1C[C@@H](c2nc3ccccc3n2Cc2cccc(Cl)c2)CN1Cc1ccccc1. The molecule has 1 amide bonds. The Labute approximate surface area is 180 Å². The number of hydrogen-bond acceptors (Lipinski definition) is 2. The number of aromatic nitrogens is 2. The van der Waals surface area contributed by atoms with Crippen molar-refractivity contribution in [2.75, 3.05) is 6.54 Å². The average molecular weight is 416 g/mol. The van der Waals surface area contributed by atoms with E-state index in [0.29, 0.717) is 26.1 Å². The van der Waals surface area contributed by atoms with Gasteiger partial charge in [0, 0.05) is 37.0 Å². The van der Waals surface area contributed by atoms with Gasteiger partial charge in [-0.25, -0.2) is 4.98 Å². The largest absolute Gasteiger partial charge is 0.338 e. The molecule has 0 spiro atoms. The predicted octanol–water partition coefficient (Wildman–Crippen LogP) is 5.25. The van der Waals surface area contributed by atoms with E-state index in [1.54, 1.807) is 0 Å². The van der Waals surface area contributed by atoms with Crippen molar-refractivity contribution in [1.29, 1.82) is 0 Å². The van der Waals surface area contributed by atoms with E-state index < -0.39 is 0 Å². The van der Waals surface area contributed by atoms with Crippen molar-refractivity contribution < 1.29 is 4.79 Å². The van der Waals surface area contributed by atoms with Gasteiger partial charge in [0.25, 0.3) is 0 Å². The molecule has 1 atom stereocenters. The highest BCUT2D eigenvalue weighted by Crippen LogP contribution is 2.32. The number of carbonyl (C=O) groups is 1. The van der Waals surface area contributed by atoms with Gasteiger partial charge in [-0.15, -0.1) is 0 Å². The molecule has 5 heteroatoms. The second-order valence-electron chi connectivity index (χ2n) is 7.84. The molecule has 2 heterocycles. The van der Waals surface area contributed by atoms with Crippen molar-refractivity contribution in [1.82, 2.24) is 14.5 Å². The number of nitrogens with zero attached hydrogens (tertiary/aromatic N) is 3. The van der Waals surface area contributed by atoms with Gasteiger partial charge in [0.15, 0.2) is 0 Å². The second kappa shape index (κ2) is 7.96. The molecule has 1 fully saturated rings. The van der Waals surface area contributed by atoms with Crippen LogP contribution in [-0.4, -0.2) is 26.9 Å². The van der Waals surface area contributed by atoms with Gasteiger partial charge < -0.3 is 9.47 Å². The third-order valence-electron chi connectivity index (χ3n) is 5.71. The molecule has 4 nitrogen and oxygen atoms in total. The summed E-state index contributed by atoms with van der Waals surface area (Å²) in [6.07, 6.45) is 0.492. The van der Waals surface area contributed by atoms with Crippen LogP contribution in [0.1, 0.15) is 29.3 Å². The zero-order valence-corrected chi connectivity index (χ0v) is 17.3. The van der Waals surface area contributed by atoms with Crippen molar-refractivity contribution in [3.63, 3.8) is 0 Å². The number of halogens is 1. The van der Waals surface area contributed by atoms with E-state index in [-0.39, 0.29) is 11.8 Å². The smallest absolute Gasteiger partial charge is 0.223 e. The highest BCUT2D eigenvalue weighted by molar-refractivity contribution is 6.30. The molecule has 30 heavy (non-hydrogen) atoms. The first kappa shape index (κ1) is 18.9. The maximum atomic E-state index is 12.8. The number of fused-ring (bicyclic) bond motifs is 1. The lowest BCUT2D eigenvalue weighted by molar-refractivity contribution is -0.128. The van der Waals surface area contributed by atoms with Crippen LogP contribution in [-0.2, 0) is 17.9 Å². The van der Waals surface area contributed by atoms with Crippen molar-refractivity contribution in [2.45, 2.75) is 25.4 Å². The molecule has 4 aromatic rings. The Morgan fingerprint density at radius 3 is 2.50 bits per heavy atom. The summed E-state index contributed by atoms with van der Waals surface area (Å²) >= 11 is 6.21. The third-order valence-corrected chi connectivity index (χ3v) is 5.94. The fraction of sp³-hybridized carbons (Fsp3) is 0.200. The van der Waals surface area contributed by atoms with Crippen LogP contribution < -0.4 is 0 Å². The molecule has 3 aromatic carbocycles. The third kappa shape index (κ3) is 3.71. The molecule has 1 saturated heterocycles. The second-order valence-corrected chi connectivity index (χ2v) is 8.27. The molecule has 150 valence electrons. The van der Waals surface area contributed by atoms with Crippen LogP contribution in [0, 0.1) is 0 Å². The Hall–Kier alpha value is -3.11. The zero-order chi connectivity index (χ0) is 20.5. The topological polar surface area (TPSA) is 38.1 Å². The van der Waals surface area contributed by atoms with E-state index in [1.165, 1.54) is 0 Å². The number of likely N-dealkylation sites (tertiary alicyclic amines) is 1. The van der Waals surface area contributed by atoms with Crippen LogP contribution in [0.3, 0.4) is 0 Å². The minimum atomic E-state index is 0.0767. The van der Waals surface area contributed by atoms with E-state index in [9.17, 15) is 4.79 Å². The molecule has 0 saturated carbocycles. The van der Waals surface area contributed by atoms with Gasteiger partial charge in [0.2, 0.25) is 5.91 Å². The van der Waals surface area contributed by atoms with E-state index in [2.05, 4.69) is 28.8 Å². The molecular weight excluding hydrogens is 394 g/mol.